The maximum absolute atomic E-state index is 9.15. The van der Waals surface area contributed by atoms with Crippen molar-refractivity contribution in [1.82, 2.24) is 0 Å². The molecule has 2 rings (SSSR count). The van der Waals surface area contributed by atoms with Crippen molar-refractivity contribution in [1.29, 1.82) is 0 Å². The Kier molecular flexibility index (Phi) is 4.37. The number of hydrogen-bond acceptors (Lipinski definition) is 2. The van der Waals surface area contributed by atoms with Crippen LogP contribution in [0.15, 0.2) is 54.6 Å². The second-order valence-electron chi connectivity index (χ2n) is 4.43. The van der Waals surface area contributed by atoms with Crippen LogP contribution in [0.5, 0.6) is 5.75 Å². The normalized spacial score (nSPS) is 12.1. The average Bonchev–Trinajstić information content (AvgIpc) is 2.45. The highest BCUT2D eigenvalue weighted by Crippen LogP contribution is 2.21. The van der Waals surface area contributed by atoms with E-state index in [9.17, 15) is 0 Å². The van der Waals surface area contributed by atoms with E-state index in [1.165, 1.54) is 0 Å². The summed E-state index contributed by atoms with van der Waals surface area (Å²) >= 11 is 0. The number of hydrogen-bond donors (Lipinski definition) is 1. The van der Waals surface area contributed by atoms with Crippen LogP contribution in [0, 0.1) is 0 Å². The highest BCUT2D eigenvalue weighted by molar-refractivity contribution is 5.31. The van der Waals surface area contributed by atoms with E-state index in [-0.39, 0.29) is 12.5 Å². The Labute approximate surface area is 108 Å². The van der Waals surface area contributed by atoms with Gasteiger partial charge in [0, 0.05) is 12.5 Å². The van der Waals surface area contributed by atoms with Crippen LogP contribution in [-0.2, 0) is 6.61 Å². The van der Waals surface area contributed by atoms with Crippen molar-refractivity contribution in [3.05, 3.63) is 65.7 Å². The van der Waals surface area contributed by atoms with E-state index in [1.807, 2.05) is 61.5 Å². The van der Waals surface area contributed by atoms with E-state index in [1.54, 1.807) is 0 Å². The van der Waals surface area contributed by atoms with Gasteiger partial charge in [-0.1, -0.05) is 49.4 Å². The summed E-state index contributed by atoms with van der Waals surface area (Å²) in [5.41, 5.74) is 2.25. The van der Waals surface area contributed by atoms with Gasteiger partial charge in [0.1, 0.15) is 12.4 Å². The van der Waals surface area contributed by atoms with Gasteiger partial charge in [0.05, 0.1) is 0 Å². The van der Waals surface area contributed by atoms with Gasteiger partial charge in [-0.25, -0.2) is 0 Å². The van der Waals surface area contributed by atoms with Crippen molar-refractivity contribution < 1.29 is 9.84 Å². The Morgan fingerprint density at radius 2 is 1.83 bits per heavy atom. The third-order valence-corrected chi connectivity index (χ3v) is 2.95. The van der Waals surface area contributed by atoms with Crippen molar-refractivity contribution in [2.75, 3.05) is 6.61 Å². The second kappa shape index (κ2) is 6.22. The summed E-state index contributed by atoms with van der Waals surface area (Å²) in [6.45, 7) is 2.72. The minimum absolute atomic E-state index is 0.144. The quantitative estimate of drug-likeness (QED) is 0.871. The van der Waals surface area contributed by atoms with E-state index in [0.29, 0.717) is 6.61 Å². The van der Waals surface area contributed by atoms with Crippen LogP contribution in [0.2, 0.25) is 0 Å². The van der Waals surface area contributed by atoms with E-state index >= 15 is 0 Å². The predicted octanol–water partition coefficient (Wildman–Crippen LogP) is 3.36. The lowest BCUT2D eigenvalue weighted by molar-refractivity contribution is 0.272. The van der Waals surface area contributed by atoms with Crippen LogP contribution in [0.3, 0.4) is 0 Å². The molecule has 0 heterocycles. The summed E-state index contributed by atoms with van der Waals surface area (Å²) in [6, 6.07) is 18.0. The molecule has 0 saturated heterocycles. The van der Waals surface area contributed by atoms with Gasteiger partial charge in [0.15, 0.2) is 0 Å². The molecule has 2 aromatic carbocycles. The number of aliphatic hydroxyl groups is 1. The zero-order chi connectivity index (χ0) is 12.8. The fraction of sp³-hybridized carbons (Fsp3) is 0.250. The monoisotopic (exact) mass is 242 g/mol. The van der Waals surface area contributed by atoms with E-state index in [4.69, 9.17) is 9.84 Å². The summed E-state index contributed by atoms with van der Waals surface area (Å²) in [6.07, 6.45) is 0. The van der Waals surface area contributed by atoms with E-state index < -0.39 is 0 Å². The molecule has 0 aliphatic heterocycles. The van der Waals surface area contributed by atoms with Gasteiger partial charge in [-0.2, -0.15) is 0 Å². The summed E-state index contributed by atoms with van der Waals surface area (Å²) in [5, 5.41) is 9.15. The second-order valence-corrected chi connectivity index (χ2v) is 4.43. The standard InChI is InChI=1S/C16H18O2/c1-13(11-17)15-8-5-9-16(10-15)18-12-14-6-3-2-4-7-14/h2-10,13,17H,11-12H2,1H3. The molecular formula is C16H18O2. The van der Waals surface area contributed by atoms with E-state index in [0.717, 1.165) is 16.9 Å². The molecule has 1 unspecified atom stereocenters. The minimum atomic E-state index is 0.144. The lowest BCUT2D eigenvalue weighted by Gasteiger charge is -2.11. The maximum atomic E-state index is 9.15. The zero-order valence-corrected chi connectivity index (χ0v) is 10.5. The minimum Gasteiger partial charge on any atom is -0.489 e. The number of rotatable bonds is 5. The van der Waals surface area contributed by atoms with Crippen molar-refractivity contribution in [2.45, 2.75) is 19.4 Å². The molecule has 2 nitrogen and oxygen atoms in total. The third kappa shape index (κ3) is 3.34. The highest BCUT2D eigenvalue weighted by atomic mass is 16.5. The molecule has 0 aliphatic rings. The molecule has 0 bridgehead atoms. The molecule has 1 atom stereocenters. The van der Waals surface area contributed by atoms with Crippen LogP contribution in [0.4, 0.5) is 0 Å². The summed E-state index contributed by atoms with van der Waals surface area (Å²) < 4.78 is 5.75. The van der Waals surface area contributed by atoms with Crippen LogP contribution < -0.4 is 4.74 Å². The molecule has 0 spiro atoms. The maximum Gasteiger partial charge on any atom is 0.120 e. The van der Waals surface area contributed by atoms with Gasteiger partial charge < -0.3 is 9.84 Å². The Morgan fingerprint density at radius 1 is 1.06 bits per heavy atom. The molecule has 0 saturated carbocycles. The fourth-order valence-electron chi connectivity index (χ4n) is 1.76. The molecule has 0 aromatic heterocycles. The first-order valence-electron chi connectivity index (χ1n) is 6.17. The summed E-state index contributed by atoms with van der Waals surface area (Å²) in [7, 11) is 0. The van der Waals surface area contributed by atoms with Gasteiger partial charge in [-0.15, -0.1) is 0 Å². The Morgan fingerprint density at radius 3 is 2.56 bits per heavy atom. The van der Waals surface area contributed by atoms with Crippen LogP contribution in [-0.4, -0.2) is 11.7 Å². The summed E-state index contributed by atoms with van der Waals surface area (Å²) in [4.78, 5) is 0. The SMILES string of the molecule is CC(CO)c1cccc(OCc2ccccc2)c1. The molecule has 2 aromatic rings. The molecule has 0 fully saturated rings. The van der Waals surface area contributed by atoms with Crippen LogP contribution >= 0.6 is 0 Å². The van der Waals surface area contributed by atoms with Gasteiger partial charge in [-0.3, -0.25) is 0 Å². The number of benzene rings is 2. The Balaban J connectivity index is 2.01. The number of ether oxygens (including phenoxy) is 1. The first-order chi connectivity index (χ1) is 8.79. The average molecular weight is 242 g/mol. The molecule has 0 amide bonds. The number of aliphatic hydroxyl groups excluding tert-OH is 1. The largest absolute Gasteiger partial charge is 0.489 e. The molecule has 0 radical (unpaired) electrons. The first-order valence-corrected chi connectivity index (χ1v) is 6.17. The highest BCUT2D eigenvalue weighted by Gasteiger charge is 2.04. The lowest BCUT2D eigenvalue weighted by Crippen LogP contribution is -2.00. The van der Waals surface area contributed by atoms with E-state index in [2.05, 4.69) is 0 Å². The molecule has 2 heteroatoms. The van der Waals surface area contributed by atoms with Crippen molar-refractivity contribution in [3.8, 4) is 5.75 Å². The molecule has 0 aliphatic carbocycles. The Hall–Kier alpha value is -1.80. The van der Waals surface area contributed by atoms with Gasteiger partial charge >= 0.3 is 0 Å². The predicted molar refractivity (Wildman–Crippen MR) is 72.7 cm³/mol. The lowest BCUT2D eigenvalue weighted by atomic mass is 10.0. The van der Waals surface area contributed by atoms with Gasteiger partial charge in [0.25, 0.3) is 0 Å². The van der Waals surface area contributed by atoms with Crippen molar-refractivity contribution in [3.63, 3.8) is 0 Å². The molecule has 18 heavy (non-hydrogen) atoms. The fourth-order valence-corrected chi connectivity index (χ4v) is 1.76. The summed E-state index contributed by atoms with van der Waals surface area (Å²) in [5.74, 6) is 0.988. The topological polar surface area (TPSA) is 29.5 Å². The Bertz CT molecular complexity index is 479. The molecule has 94 valence electrons. The first kappa shape index (κ1) is 12.7. The zero-order valence-electron chi connectivity index (χ0n) is 10.5. The molecular weight excluding hydrogens is 224 g/mol. The van der Waals surface area contributed by atoms with Crippen LogP contribution in [0.1, 0.15) is 24.0 Å². The smallest absolute Gasteiger partial charge is 0.120 e. The third-order valence-electron chi connectivity index (χ3n) is 2.95. The van der Waals surface area contributed by atoms with Crippen molar-refractivity contribution in [2.24, 2.45) is 0 Å². The van der Waals surface area contributed by atoms with Gasteiger partial charge in [-0.05, 0) is 23.3 Å². The van der Waals surface area contributed by atoms with Crippen LogP contribution in [0.25, 0.3) is 0 Å². The van der Waals surface area contributed by atoms with Gasteiger partial charge in [0.2, 0.25) is 0 Å². The van der Waals surface area contributed by atoms with Crippen molar-refractivity contribution >= 4 is 0 Å². The molecule has 1 N–H and O–H groups in total.